The molecule has 1 N–H and O–H groups in total. The number of aromatic nitrogens is 2. The highest BCUT2D eigenvalue weighted by Crippen LogP contribution is 2.10. The largest absolute Gasteiger partial charge is 0.321 e. The van der Waals surface area contributed by atoms with Crippen molar-refractivity contribution >= 4 is 16.7 Å². The monoisotopic (exact) mass is 215 g/mol. The van der Waals surface area contributed by atoms with Gasteiger partial charge in [-0.15, -0.1) is 0 Å². The summed E-state index contributed by atoms with van der Waals surface area (Å²) in [6.45, 7) is 0.478. The highest BCUT2D eigenvalue weighted by Gasteiger charge is 2.20. The summed E-state index contributed by atoms with van der Waals surface area (Å²) in [6, 6.07) is 7.02. The van der Waals surface area contributed by atoms with E-state index in [0.717, 1.165) is 0 Å². The van der Waals surface area contributed by atoms with E-state index >= 15 is 0 Å². The van der Waals surface area contributed by atoms with Crippen LogP contribution in [-0.4, -0.2) is 22.0 Å². The molecule has 5 heteroatoms. The molecular weight excluding hydrogens is 206 g/mol. The van der Waals surface area contributed by atoms with E-state index in [2.05, 4.69) is 10.4 Å². The zero-order valence-corrected chi connectivity index (χ0v) is 8.43. The second-order valence-corrected chi connectivity index (χ2v) is 3.67. The summed E-state index contributed by atoms with van der Waals surface area (Å²) in [4.78, 5) is 27.9. The first kappa shape index (κ1) is 9.08. The summed E-state index contributed by atoms with van der Waals surface area (Å²) < 4.78 is 1.24. The molecule has 0 unspecified atom stereocenters. The van der Waals surface area contributed by atoms with Crippen LogP contribution in [0.3, 0.4) is 0 Å². The first-order valence-corrected chi connectivity index (χ1v) is 5.06. The molecular formula is C11H9N3O2. The van der Waals surface area contributed by atoms with Gasteiger partial charge in [-0.2, -0.15) is 0 Å². The molecule has 0 saturated carbocycles. The lowest BCUT2D eigenvalue weighted by molar-refractivity contribution is 0.0962. The van der Waals surface area contributed by atoms with Crippen LogP contribution in [0.2, 0.25) is 0 Å². The van der Waals surface area contributed by atoms with E-state index in [4.69, 9.17) is 0 Å². The van der Waals surface area contributed by atoms with Gasteiger partial charge in [0.2, 0.25) is 5.78 Å². The molecule has 1 aliphatic rings. The Morgan fingerprint density at radius 2 is 2.06 bits per heavy atom. The number of para-hydroxylation sites is 1. The second kappa shape index (κ2) is 3.16. The standard InChI is InChI=1S/C11H9N3O2/c15-9-5-6-12-14-10(9)13-8-4-2-1-3-7(8)11(14)16/h1-4,12H,5-6H2. The maximum absolute atomic E-state index is 12.0. The molecule has 1 aromatic heterocycles. The Balaban J connectivity index is 2.45. The van der Waals surface area contributed by atoms with Crippen molar-refractivity contribution < 1.29 is 4.79 Å². The van der Waals surface area contributed by atoms with Crippen molar-refractivity contribution in [1.29, 1.82) is 0 Å². The van der Waals surface area contributed by atoms with Gasteiger partial charge in [-0.1, -0.05) is 12.1 Å². The maximum Gasteiger partial charge on any atom is 0.280 e. The molecule has 0 spiro atoms. The molecule has 1 aromatic carbocycles. The highest BCUT2D eigenvalue weighted by atomic mass is 16.1. The van der Waals surface area contributed by atoms with Crippen LogP contribution < -0.4 is 11.0 Å². The van der Waals surface area contributed by atoms with Gasteiger partial charge in [0.15, 0.2) is 5.82 Å². The number of nitrogens with one attached hydrogen (secondary N) is 1. The first-order chi connectivity index (χ1) is 7.77. The van der Waals surface area contributed by atoms with Gasteiger partial charge in [0.1, 0.15) is 0 Å². The van der Waals surface area contributed by atoms with E-state index in [1.165, 1.54) is 4.68 Å². The Hall–Kier alpha value is -2.17. The fraction of sp³-hybridized carbons (Fsp3) is 0.182. The van der Waals surface area contributed by atoms with Crippen molar-refractivity contribution in [2.45, 2.75) is 6.42 Å². The number of benzene rings is 1. The minimum absolute atomic E-state index is 0.0957. The van der Waals surface area contributed by atoms with E-state index in [0.29, 0.717) is 23.9 Å². The van der Waals surface area contributed by atoms with Crippen molar-refractivity contribution in [2.24, 2.45) is 0 Å². The lowest BCUT2D eigenvalue weighted by Crippen LogP contribution is -2.39. The van der Waals surface area contributed by atoms with Crippen molar-refractivity contribution in [2.75, 3.05) is 12.0 Å². The molecule has 1 aliphatic heterocycles. The minimum Gasteiger partial charge on any atom is -0.321 e. The SMILES string of the molecule is O=C1CCNn2c1nc1ccccc1c2=O. The molecule has 0 radical (unpaired) electrons. The molecule has 0 aliphatic carbocycles. The van der Waals surface area contributed by atoms with Gasteiger partial charge >= 0.3 is 0 Å². The minimum atomic E-state index is -0.214. The third-order valence-electron chi connectivity index (χ3n) is 2.65. The van der Waals surface area contributed by atoms with Crippen LogP contribution in [0.25, 0.3) is 10.9 Å². The van der Waals surface area contributed by atoms with Crippen molar-refractivity contribution in [3.8, 4) is 0 Å². The van der Waals surface area contributed by atoms with Gasteiger partial charge in [-0.25, -0.2) is 9.66 Å². The molecule has 3 rings (SSSR count). The fourth-order valence-electron chi connectivity index (χ4n) is 1.86. The highest BCUT2D eigenvalue weighted by molar-refractivity contribution is 5.95. The summed E-state index contributed by atoms with van der Waals surface area (Å²) in [5, 5.41) is 0.522. The topological polar surface area (TPSA) is 64.0 Å². The van der Waals surface area contributed by atoms with E-state index in [-0.39, 0.29) is 17.2 Å². The van der Waals surface area contributed by atoms with Crippen LogP contribution in [0.15, 0.2) is 29.1 Å². The third-order valence-corrected chi connectivity index (χ3v) is 2.65. The van der Waals surface area contributed by atoms with E-state index in [9.17, 15) is 9.59 Å². The molecule has 16 heavy (non-hydrogen) atoms. The molecule has 0 saturated heterocycles. The second-order valence-electron chi connectivity index (χ2n) is 3.67. The van der Waals surface area contributed by atoms with Crippen LogP contribution in [0.1, 0.15) is 17.0 Å². The summed E-state index contributed by atoms with van der Waals surface area (Å²) in [7, 11) is 0. The van der Waals surface area contributed by atoms with Crippen LogP contribution in [0, 0.1) is 0 Å². The van der Waals surface area contributed by atoms with Gasteiger partial charge in [0, 0.05) is 13.0 Å². The zero-order valence-electron chi connectivity index (χ0n) is 8.43. The Morgan fingerprint density at radius 1 is 1.25 bits per heavy atom. The summed E-state index contributed by atoms with van der Waals surface area (Å²) >= 11 is 0. The Morgan fingerprint density at radius 3 is 2.94 bits per heavy atom. The number of hydrogen-bond acceptors (Lipinski definition) is 4. The number of carbonyl (C=O) groups is 1. The average molecular weight is 215 g/mol. The molecule has 0 fully saturated rings. The van der Waals surface area contributed by atoms with Crippen LogP contribution in [-0.2, 0) is 0 Å². The third kappa shape index (κ3) is 1.14. The predicted octanol–water partition coefficient (Wildman–Crippen LogP) is 0.526. The quantitative estimate of drug-likeness (QED) is 0.696. The zero-order chi connectivity index (χ0) is 11.1. The Kier molecular flexibility index (Phi) is 1.80. The summed E-state index contributed by atoms with van der Waals surface area (Å²) in [5.74, 6) is 0.108. The summed E-state index contributed by atoms with van der Waals surface area (Å²) in [6.07, 6.45) is 0.380. The number of fused-ring (bicyclic) bond motifs is 2. The smallest absolute Gasteiger partial charge is 0.280 e. The van der Waals surface area contributed by atoms with Crippen molar-refractivity contribution in [3.63, 3.8) is 0 Å². The van der Waals surface area contributed by atoms with Crippen LogP contribution in [0.4, 0.5) is 0 Å². The van der Waals surface area contributed by atoms with Crippen molar-refractivity contribution in [1.82, 2.24) is 9.66 Å². The van der Waals surface area contributed by atoms with Crippen LogP contribution >= 0.6 is 0 Å². The number of carbonyl (C=O) groups excluding carboxylic acids is 1. The Bertz CT molecular complexity index is 645. The molecule has 2 heterocycles. The fourth-order valence-corrected chi connectivity index (χ4v) is 1.86. The lowest BCUT2D eigenvalue weighted by Gasteiger charge is -2.18. The van der Waals surface area contributed by atoms with Gasteiger partial charge in [0.25, 0.3) is 5.56 Å². The van der Waals surface area contributed by atoms with E-state index < -0.39 is 0 Å². The van der Waals surface area contributed by atoms with Crippen molar-refractivity contribution in [3.05, 3.63) is 40.4 Å². The Labute approximate surface area is 90.7 Å². The predicted molar refractivity (Wildman–Crippen MR) is 59.2 cm³/mol. The average Bonchev–Trinajstić information content (AvgIpc) is 2.31. The molecule has 5 nitrogen and oxygen atoms in total. The number of nitrogens with zero attached hydrogens (tertiary/aromatic N) is 2. The molecule has 2 aromatic rings. The van der Waals surface area contributed by atoms with E-state index in [1.54, 1.807) is 24.3 Å². The van der Waals surface area contributed by atoms with E-state index in [1.807, 2.05) is 0 Å². The molecule has 0 atom stereocenters. The van der Waals surface area contributed by atoms with Gasteiger partial charge in [-0.3, -0.25) is 9.59 Å². The first-order valence-electron chi connectivity index (χ1n) is 5.06. The summed E-state index contributed by atoms with van der Waals surface area (Å²) in [5.41, 5.74) is 3.23. The van der Waals surface area contributed by atoms with Gasteiger partial charge in [-0.05, 0) is 12.1 Å². The number of hydrogen-bond donors (Lipinski definition) is 1. The van der Waals surface area contributed by atoms with Gasteiger partial charge in [0.05, 0.1) is 10.9 Å². The molecule has 80 valence electrons. The normalized spacial score (nSPS) is 14.6. The molecule has 0 bridgehead atoms. The number of Topliss-reactive ketones (excluding diaryl/α,β-unsaturated/α-hetero) is 1. The lowest BCUT2D eigenvalue weighted by atomic mass is 10.2. The number of rotatable bonds is 0. The number of ketones is 1. The van der Waals surface area contributed by atoms with Crippen LogP contribution in [0.5, 0.6) is 0 Å². The molecule has 0 amide bonds. The van der Waals surface area contributed by atoms with Gasteiger partial charge < -0.3 is 5.43 Å². The maximum atomic E-state index is 12.0.